The first kappa shape index (κ1) is 18.1. The summed E-state index contributed by atoms with van der Waals surface area (Å²) < 4.78 is 6.17. The Balaban J connectivity index is 1.31. The van der Waals surface area contributed by atoms with Crippen molar-refractivity contribution in [3.63, 3.8) is 0 Å². The fourth-order valence-corrected chi connectivity index (χ4v) is 4.74. The lowest BCUT2D eigenvalue weighted by atomic mass is 9.77. The molecule has 4 heterocycles. The minimum atomic E-state index is -0.685. The Morgan fingerprint density at radius 1 is 1.28 bits per heavy atom. The topological polar surface area (TPSA) is 71.5 Å². The van der Waals surface area contributed by atoms with Crippen LogP contribution in [-0.4, -0.2) is 39.9 Å². The van der Waals surface area contributed by atoms with E-state index >= 15 is 0 Å². The van der Waals surface area contributed by atoms with Gasteiger partial charge in [-0.05, 0) is 24.1 Å². The van der Waals surface area contributed by atoms with Crippen LogP contribution in [0.25, 0.3) is 0 Å². The van der Waals surface area contributed by atoms with Gasteiger partial charge < -0.3 is 15.0 Å². The van der Waals surface area contributed by atoms with E-state index in [2.05, 4.69) is 10.3 Å². The molecule has 2 aromatic rings. The molecule has 1 N–H and O–H groups in total. The van der Waals surface area contributed by atoms with Crippen LogP contribution >= 0.6 is 0 Å². The summed E-state index contributed by atoms with van der Waals surface area (Å²) >= 11 is 0. The molecule has 5 rings (SSSR count). The van der Waals surface area contributed by atoms with Gasteiger partial charge in [0.05, 0.1) is 24.5 Å². The molecule has 0 aliphatic carbocycles. The van der Waals surface area contributed by atoms with E-state index in [-0.39, 0.29) is 17.9 Å². The zero-order valence-electron chi connectivity index (χ0n) is 16.2. The van der Waals surface area contributed by atoms with E-state index in [0.717, 1.165) is 11.1 Å². The van der Waals surface area contributed by atoms with Crippen LogP contribution in [0.4, 0.5) is 0 Å². The first-order valence-electron chi connectivity index (χ1n) is 9.94. The van der Waals surface area contributed by atoms with E-state index in [1.54, 1.807) is 17.3 Å². The van der Waals surface area contributed by atoms with Crippen molar-refractivity contribution >= 4 is 11.8 Å². The molecule has 1 spiro atoms. The number of carbonyl (C=O) groups excluding carboxylic acids is 2. The molecule has 6 heteroatoms. The Hall–Kier alpha value is -2.99. The number of nitrogens with one attached hydrogen (secondary N) is 1. The number of ether oxygens (including phenoxy) is 1. The van der Waals surface area contributed by atoms with Crippen molar-refractivity contribution in [1.82, 2.24) is 15.2 Å². The number of aromatic nitrogens is 1. The molecule has 3 aliphatic rings. The maximum absolute atomic E-state index is 13.2. The summed E-state index contributed by atoms with van der Waals surface area (Å²) in [5.74, 6) is -1.09. The van der Waals surface area contributed by atoms with Gasteiger partial charge in [0.2, 0.25) is 11.8 Å². The fourth-order valence-electron chi connectivity index (χ4n) is 4.74. The van der Waals surface area contributed by atoms with Gasteiger partial charge in [0.25, 0.3) is 0 Å². The molecule has 2 bridgehead atoms. The third kappa shape index (κ3) is 3.04. The first-order chi connectivity index (χ1) is 14.1. The van der Waals surface area contributed by atoms with Crippen LogP contribution < -0.4 is 5.32 Å². The second-order valence-electron chi connectivity index (χ2n) is 8.16. The molecule has 1 unspecified atom stereocenters. The maximum atomic E-state index is 13.2. The molecule has 2 fully saturated rings. The highest BCUT2D eigenvalue weighted by atomic mass is 16.5. The van der Waals surface area contributed by atoms with E-state index < -0.39 is 17.4 Å². The fraction of sp³-hybridized carbons (Fsp3) is 0.348. The molecule has 2 amide bonds. The SMILES string of the molecule is Cc1ccc(CNC(=O)[C@@H]2[C@@H]3C=CC4(CN(Cc5cccnc5)C(=O)[C@H]24)O3)cc1. The van der Waals surface area contributed by atoms with Crippen molar-refractivity contribution in [2.45, 2.75) is 31.7 Å². The summed E-state index contributed by atoms with van der Waals surface area (Å²) in [6.45, 7) is 3.42. The van der Waals surface area contributed by atoms with Gasteiger partial charge in [0.1, 0.15) is 5.60 Å². The molecule has 0 saturated carbocycles. The zero-order chi connectivity index (χ0) is 20.0. The Morgan fingerprint density at radius 2 is 2.10 bits per heavy atom. The van der Waals surface area contributed by atoms with Crippen molar-refractivity contribution in [1.29, 1.82) is 0 Å². The Morgan fingerprint density at radius 3 is 2.86 bits per heavy atom. The lowest BCUT2D eigenvalue weighted by Gasteiger charge is -2.23. The van der Waals surface area contributed by atoms with Crippen molar-refractivity contribution in [3.05, 3.63) is 77.6 Å². The average Bonchev–Trinajstić information content (AvgIpc) is 3.36. The van der Waals surface area contributed by atoms with E-state index in [0.29, 0.717) is 19.6 Å². The van der Waals surface area contributed by atoms with Gasteiger partial charge in [0.15, 0.2) is 0 Å². The molecular weight excluding hydrogens is 366 g/mol. The number of likely N-dealkylation sites (tertiary alicyclic amines) is 1. The van der Waals surface area contributed by atoms with Gasteiger partial charge in [-0.3, -0.25) is 14.6 Å². The first-order valence-corrected chi connectivity index (χ1v) is 9.94. The third-order valence-corrected chi connectivity index (χ3v) is 6.17. The summed E-state index contributed by atoms with van der Waals surface area (Å²) in [5.41, 5.74) is 2.50. The largest absolute Gasteiger partial charge is 0.360 e. The van der Waals surface area contributed by atoms with E-state index in [4.69, 9.17) is 4.74 Å². The lowest BCUT2D eigenvalue weighted by molar-refractivity contribution is -0.137. The van der Waals surface area contributed by atoms with Crippen molar-refractivity contribution in [2.75, 3.05) is 6.54 Å². The summed E-state index contributed by atoms with van der Waals surface area (Å²) in [6.07, 6.45) is 7.06. The molecule has 0 radical (unpaired) electrons. The lowest BCUT2D eigenvalue weighted by Crippen LogP contribution is -2.43. The van der Waals surface area contributed by atoms with Crippen LogP contribution in [0, 0.1) is 18.8 Å². The number of carbonyl (C=O) groups is 2. The van der Waals surface area contributed by atoms with Crippen LogP contribution in [-0.2, 0) is 27.4 Å². The van der Waals surface area contributed by atoms with Crippen LogP contribution in [0.15, 0.2) is 60.9 Å². The standard InChI is InChI=1S/C23H23N3O3/c1-15-4-6-16(7-5-15)12-25-21(27)19-18-8-9-23(29-18)14-26(22(28)20(19)23)13-17-3-2-10-24-11-17/h2-11,18-20H,12-14H2,1H3,(H,25,27)/t18-,19+,20-,23?/m0/s1. The Kier molecular flexibility index (Phi) is 4.24. The van der Waals surface area contributed by atoms with Crippen LogP contribution in [0.1, 0.15) is 16.7 Å². The third-order valence-electron chi connectivity index (χ3n) is 6.17. The number of nitrogens with zero attached hydrogens (tertiary/aromatic N) is 2. The predicted octanol–water partition coefficient (Wildman–Crippen LogP) is 1.99. The second kappa shape index (κ2) is 6.81. The van der Waals surface area contributed by atoms with Gasteiger partial charge in [-0.25, -0.2) is 0 Å². The summed E-state index contributed by atoms with van der Waals surface area (Å²) in [6, 6.07) is 11.9. The number of rotatable bonds is 5. The number of hydrogen-bond acceptors (Lipinski definition) is 4. The molecule has 1 aromatic heterocycles. The van der Waals surface area contributed by atoms with Crippen molar-refractivity contribution in [3.8, 4) is 0 Å². The molecule has 148 valence electrons. The number of fused-ring (bicyclic) bond motifs is 1. The van der Waals surface area contributed by atoms with Crippen molar-refractivity contribution < 1.29 is 14.3 Å². The predicted molar refractivity (Wildman–Crippen MR) is 106 cm³/mol. The second-order valence-corrected chi connectivity index (χ2v) is 8.16. The van der Waals surface area contributed by atoms with Gasteiger partial charge in [-0.15, -0.1) is 0 Å². The Labute approximate surface area is 169 Å². The average molecular weight is 389 g/mol. The van der Waals surface area contributed by atoms with Gasteiger partial charge in [-0.2, -0.15) is 0 Å². The summed E-state index contributed by atoms with van der Waals surface area (Å²) in [7, 11) is 0. The van der Waals surface area contributed by atoms with E-state index in [9.17, 15) is 9.59 Å². The van der Waals surface area contributed by atoms with Crippen LogP contribution in [0.3, 0.4) is 0 Å². The molecule has 29 heavy (non-hydrogen) atoms. The van der Waals surface area contributed by atoms with E-state index in [1.807, 2.05) is 55.5 Å². The van der Waals surface area contributed by atoms with Gasteiger partial charge >= 0.3 is 0 Å². The molecule has 3 aliphatic heterocycles. The summed E-state index contributed by atoms with van der Waals surface area (Å²) in [4.78, 5) is 32.1. The molecule has 4 atom stereocenters. The number of amides is 2. The molecule has 6 nitrogen and oxygen atoms in total. The van der Waals surface area contributed by atoms with Gasteiger partial charge in [-0.1, -0.05) is 48.0 Å². The highest BCUT2D eigenvalue weighted by Crippen LogP contribution is 2.52. The maximum Gasteiger partial charge on any atom is 0.230 e. The van der Waals surface area contributed by atoms with E-state index in [1.165, 1.54) is 5.56 Å². The minimum absolute atomic E-state index is 0.0174. The number of hydrogen-bond donors (Lipinski definition) is 1. The highest BCUT2D eigenvalue weighted by Gasteiger charge is 2.66. The molecule has 2 saturated heterocycles. The number of pyridine rings is 1. The smallest absolute Gasteiger partial charge is 0.230 e. The highest BCUT2D eigenvalue weighted by molar-refractivity contribution is 5.93. The number of benzene rings is 1. The van der Waals surface area contributed by atoms with Gasteiger partial charge in [0, 0.05) is 25.5 Å². The summed E-state index contributed by atoms with van der Waals surface area (Å²) in [5, 5.41) is 3.01. The normalized spacial score (nSPS) is 29.3. The molecular formula is C23H23N3O3. The number of aryl methyl sites for hydroxylation is 1. The minimum Gasteiger partial charge on any atom is -0.360 e. The molecule has 1 aromatic carbocycles. The van der Waals surface area contributed by atoms with Crippen LogP contribution in [0.5, 0.6) is 0 Å². The quantitative estimate of drug-likeness (QED) is 0.794. The van der Waals surface area contributed by atoms with Crippen molar-refractivity contribution in [2.24, 2.45) is 11.8 Å². The zero-order valence-corrected chi connectivity index (χ0v) is 16.2. The monoisotopic (exact) mass is 389 g/mol. The van der Waals surface area contributed by atoms with Crippen LogP contribution in [0.2, 0.25) is 0 Å². The Bertz CT molecular complexity index is 973.